The maximum atomic E-state index is 12.3. The molecule has 1 fully saturated rings. The molecular formula is C23H28N2O. The molecule has 1 aliphatic rings. The van der Waals surface area contributed by atoms with Crippen LogP contribution in [0.15, 0.2) is 59.7 Å². The van der Waals surface area contributed by atoms with Crippen molar-refractivity contribution in [3.05, 3.63) is 71.3 Å². The molecule has 3 nitrogen and oxygen atoms in total. The van der Waals surface area contributed by atoms with Crippen LogP contribution in [0.3, 0.4) is 0 Å². The Balaban J connectivity index is 1.52. The van der Waals surface area contributed by atoms with Crippen LogP contribution in [0.4, 0.5) is 0 Å². The average molecular weight is 348 g/mol. The van der Waals surface area contributed by atoms with Crippen molar-refractivity contribution in [2.75, 3.05) is 0 Å². The number of nitrogens with zero attached hydrogens (tertiary/aromatic N) is 1. The van der Waals surface area contributed by atoms with Crippen LogP contribution >= 0.6 is 0 Å². The Morgan fingerprint density at radius 3 is 2.38 bits per heavy atom. The van der Waals surface area contributed by atoms with Crippen LogP contribution < -0.4 is 5.43 Å². The molecule has 0 bridgehead atoms. The number of amides is 1. The maximum Gasteiger partial charge on any atom is 0.243 e. The minimum atomic E-state index is 0.0198. The zero-order valence-corrected chi connectivity index (χ0v) is 16.1. The van der Waals surface area contributed by atoms with Gasteiger partial charge in [-0.05, 0) is 34.4 Å². The monoisotopic (exact) mass is 348 g/mol. The fraction of sp³-hybridized carbons (Fsp3) is 0.391. The summed E-state index contributed by atoms with van der Waals surface area (Å²) in [5.74, 6) is 0.563. The molecule has 26 heavy (non-hydrogen) atoms. The molecule has 136 valence electrons. The smallest absolute Gasteiger partial charge is 0.243 e. The molecule has 1 aliphatic carbocycles. The van der Waals surface area contributed by atoms with Crippen LogP contribution in [0.1, 0.15) is 62.6 Å². The van der Waals surface area contributed by atoms with Gasteiger partial charge < -0.3 is 0 Å². The van der Waals surface area contributed by atoms with Gasteiger partial charge in [-0.25, -0.2) is 5.43 Å². The van der Waals surface area contributed by atoms with Gasteiger partial charge in [-0.15, -0.1) is 0 Å². The first-order chi connectivity index (χ1) is 12.4. The third-order valence-corrected chi connectivity index (χ3v) is 5.13. The molecule has 0 aliphatic heterocycles. The number of hydrogen-bond donors (Lipinski definition) is 1. The summed E-state index contributed by atoms with van der Waals surface area (Å²) in [6.45, 7) is 8.71. The Labute approximate surface area is 156 Å². The second-order valence-corrected chi connectivity index (χ2v) is 8.27. The molecule has 3 atom stereocenters. The highest BCUT2D eigenvalue weighted by molar-refractivity contribution is 5.83. The number of carbonyl (C=O) groups is 1. The Bertz CT molecular complexity index is 772. The second kappa shape index (κ2) is 7.45. The van der Waals surface area contributed by atoms with Crippen molar-refractivity contribution in [2.45, 2.75) is 51.4 Å². The first-order valence-electron chi connectivity index (χ1n) is 9.34. The fourth-order valence-electron chi connectivity index (χ4n) is 3.22. The Morgan fingerprint density at radius 1 is 1.12 bits per heavy atom. The van der Waals surface area contributed by atoms with Gasteiger partial charge in [0, 0.05) is 18.1 Å². The van der Waals surface area contributed by atoms with Gasteiger partial charge >= 0.3 is 0 Å². The summed E-state index contributed by atoms with van der Waals surface area (Å²) in [6.07, 6.45) is 2.70. The average Bonchev–Trinajstić information content (AvgIpc) is 3.42. The van der Waals surface area contributed by atoms with Gasteiger partial charge in [-0.2, -0.15) is 5.10 Å². The molecule has 2 aromatic carbocycles. The third-order valence-electron chi connectivity index (χ3n) is 5.13. The lowest BCUT2D eigenvalue weighted by Gasteiger charge is -2.19. The standard InChI is InChI=1S/C23H28N2O/c1-16(17-8-6-5-7-9-17)15-24-25-22(26)21-14-20(21)18-10-12-19(13-11-18)23(2,3)4/h5-13,15-16,20-21H,14H2,1-4H3,(H,25,26)/b24-15-/t16-,20+,21+/m1/s1. The number of rotatable bonds is 5. The van der Waals surface area contributed by atoms with Gasteiger partial charge in [-0.1, -0.05) is 82.3 Å². The highest BCUT2D eigenvalue weighted by Gasteiger charge is 2.44. The van der Waals surface area contributed by atoms with Gasteiger partial charge in [0.1, 0.15) is 0 Å². The van der Waals surface area contributed by atoms with Gasteiger partial charge in [0.2, 0.25) is 5.91 Å². The first-order valence-corrected chi connectivity index (χ1v) is 9.34. The minimum absolute atomic E-state index is 0.0198. The molecule has 0 aromatic heterocycles. The molecule has 3 rings (SSSR count). The summed E-state index contributed by atoms with van der Waals surface area (Å²) in [6, 6.07) is 18.9. The van der Waals surface area contributed by atoms with E-state index in [1.165, 1.54) is 16.7 Å². The SMILES string of the molecule is C[C@H](/C=N\NC(=O)[C@H]1C[C@H]1c1ccc(C(C)(C)C)cc1)c1ccccc1. The van der Waals surface area contributed by atoms with E-state index in [1.807, 2.05) is 18.2 Å². The van der Waals surface area contributed by atoms with Crippen molar-refractivity contribution >= 4 is 12.1 Å². The van der Waals surface area contributed by atoms with E-state index in [4.69, 9.17) is 0 Å². The lowest BCUT2D eigenvalue weighted by atomic mass is 9.86. The van der Waals surface area contributed by atoms with E-state index in [-0.39, 0.29) is 23.2 Å². The lowest BCUT2D eigenvalue weighted by Crippen LogP contribution is -2.20. The quantitative estimate of drug-likeness (QED) is 0.600. The van der Waals surface area contributed by atoms with Crippen LogP contribution in [0, 0.1) is 5.92 Å². The summed E-state index contributed by atoms with van der Waals surface area (Å²) in [7, 11) is 0. The number of nitrogens with one attached hydrogen (secondary N) is 1. The highest BCUT2D eigenvalue weighted by atomic mass is 16.2. The molecule has 0 unspecified atom stereocenters. The summed E-state index contributed by atoms with van der Waals surface area (Å²) < 4.78 is 0. The maximum absolute atomic E-state index is 12.3. The second-order valence-electron chi connectivity index (χ2n) is 8.27. The molecule has 0 saturated heterocycles. The third kappa shape index (κ3) is 4.40. The fourth-order valence-corrected chi connectivity index (χ4v) is 3.22. The number of hydrogen-bond acceptors (Lipinski definition) is 2. The largest absolute Gasteiger partial charge is 0.273 e. The number of hydrazone groups is 1. The number of carbonyl (C=O) groups excluding carboxylic acids is 1. The molecule has 3 heteroatoms. The van der Waals surface area contributed by atoms with Crippen molar-refractivity contribution in [3.8, 4) is 0 Å². The lowest BCUT2D eigenvalue weighted by molar-refractivity contribution is -0.122. The van der Waals surface area contributed by atoms with Crippen molar-refractivity contribution in [1.29, 1.82) is 0 Å². The van der Waals surface area contributed by atoms with Crippen molar-refractivity contribution in [1.82, 2.24) is 5.43 Å². The van der Waals surface area contributed by atoms with E-state index in [0.717, 1.165) is 6.42 Å². The van der Waals surface area contributed by atoms with Crippen LogP contribution in [0.5, 0.6) is 0 Å². The van der Waals surface area contributed by atoms with Crippen molar-refractivity contribution < 1.29 is 4.79 Å². The Hall–Kier alpha value is -2.42. The predicted octanol–water partition coefficient (Wildman–Crippen LogP) is 4.99. The van der Waals surface area contributed by atoms with Gasteiger partial charge in [0.05, 0.1) is 0 Å². The van der Waals surface area contributed by atoms with Crippen LogP contribution in [0.2, 0.25) is 0 Å². The molecule has 0 spiro atoms. The van der Waals surface area contributed by atoms with Crippen LogP contribution in [-0.2, 0) is 10.2 Å². The van der Waals surface area contributed by atoms with E-state index < -0.39 is 0 Å². The topological polar surface area (TPSA) is 41.5 Å². The number of benzene rings is 2. The predicted molar refractivity (Wildman–Crippen MR) is 107 cm³/mol. The normalized spacial score (nSPS) is 20.8. The van der Waals surface area contributed by atoms with Crippen molar-refractivity contribution in [3.63, 3.8) is 0 Å². The molecule has 0 radical (unpaired) electrons. The zero-order chi connectivity index (χ0) is 18.7. The summed E-state index contributed by atoms with van der Waals surface area (Å²) in [5, 5.41) is 4.16. The summed E-state index contributed by atoms with van der Waals surface area (Å²) >= 11 is 0. The Kier molecular flexibility index (Phi) is 5.26. The molecular weight excluding hydrogens is 320 g/mol. The zero-order valence-electron chi connectivity index (χ0n) is 16.1. The van der Waals surface area contributed by atoms with Crippen molar-refractivity contribution in [2.24, 2.45) is 11.0 Å². The first kappa shape index (κ1) is 18.4. The summed E-state index contributed by atoms with van der Waals surface area (Å²) in [5.41, 5.74) is 6.63. The van der Waals surface area contributed by atoms with E-state index in [9.17, 15) is 4.79 Å². The highest BCUT2D eigenvalue weighted by Crippen LogP contribution is 2.47. The minimum Gasteiger partial charge on any atom is -0.273 e. The molecule has 0 heterocycles. The molecule has 1 N–H and O–H groups in total. The molecule has 2 aromatic rings. The van der Waals surface area contributed by atoms with Crippen LogP contribution in [0.25, 0.3) is 0 Å². The summed E-state index contributed by atoms with van der Waals surface area (Å²) in [4.78, 5) is 12.3. The van der Waals surface area contributed by atoms with Gasteiger partial charge in [-0.3, -0.25) is 4.79 Å². The molecule has 1 amide bonds. The van der Waals surface area contributed by atoms with Crippen LogP contribution in [-0.4, -0.2) is 12.1 Å². The molecule has 1 saturated carbocycles. The van der Waals surface area contributed by atoms with E-state index in [1.54, 1.807) is 6.21 Å². The van der Waals surface area contributed by atoms with E-state index >= 15 is 0 Å². The van der Waals surface area contributed by atoms with Gasteiger partial charge in [0.25, 0.3) is 0 Å². The van der Waals surface area contributed by atoms with Gasteiger partial charge in [0.15, 0.2) is 0 Å². The Morgan fingerprint density at radius 2 is 1.77 bits per heavy atom. The van der Waals surface area contributed by atoms with E-state index in [2.05, 4.69) is 74.6 Å². The van der Waals surface area contributed by atoms with E-state index in [0.29, 0.717) is 5.92 Å².